The molecule has 1 aliphatic heterocycles. The number of aromatic amines is 1. The molecule has 6 nitrogen and oxygen atoms in total. The van der Waals surface area contributed by atoms with Gasteiger partial charge in [0, 0.05) is 12.3 Å². The molecule has 0 amide bonds. The van der Waals surface area contributed by atoms with E-state index in [1.165, 1.54) is 16.8 Å². The molecule has 1 aliphatic rings. The highest BCUT2D eigenvalue weighted by atomic mass is 16.5. The predicted molar refractivity (Wildman–Crippen MR) is 51.6 cm³/mol. The average molecular weight is 212 g/mol. The van der Waals surface area contributed by atoms with Crippen LogP contribution in [-0.2, 0) is 4.74 Å². The van der Waals surface area contributed by atoms with Crippen LogP contribution >= 0.6 is 0 Å². The molecule has 2 N–H and O–H groups in total. The van der Waals surface area contributed by atoms with Crippen LogP contribution in [0.25, 0.3) is 0 Å². The highest BCUT2D eigenvalue weighted by Gasteiger charge is 2.26. The number of rotatable bonds is 2. The number of aliphatic hydroxyl groups excluding tert-OH is 1. The third-order valence-corrected chi connectivity index (χ3v) is 2.45. The summed E-state index contributed by atoms with van der Waals surface area (Å²) in [7, 11) is 0. The number of ether oxygens (including phenoxy) is 1. The Hall–Kier alpha value is -1.40. The van der Waals surface area contributed by atoms with E-state index < -0.39 is 11.2 Å². The molecule has 0 unspecified atom stereocenters. The first kappa shape index (κ1) is 10.1. The molecule has 0 radical (unpaired) electrons. The van der Waals surface area contributed by atoms with Crippen molar-refractivity contribution in [1.82, 2.24) is 9.55 Å². The molecule has 6 heteroatoms. The van der Waals surface area contributed by atoms with Gasteiger partial charge in [-0.1, -0.05) is 0 Å². The molecule has 0 bridgehead atoms. The molecule has 1 saturated heterocycles. The molecule has 2 heterocycles. The van der Waals surface area contributed by atoms with Crippen molar-refractivity contribution in [3.8, 4) is 0 Å². The number of nitrogens with one attached hydrogen (secondary N) is 1. The monoisotopic (exact) mass is 212 g/mol. The lowest BCUT2D eigenvalue weighted by molar-refractivity contribution is -0.0246. The third-order valence-electron chi connectivity index (χ3n) is 2.45. The maximum Gasteiger partial charge on any atom is 0.330 e. The van der Waals surface area contributed by atoms with Gasteiger partial charge in [-0.25, -0.2) is 4.79 Å². The van der Waals surface area contributed by atoms with E-state index in [0.717, 1.165) is 0 Å². The second-order valence-corrected chi connectivity index (χ2v) is 3.49. The van der Waals surface area contributed by atoms with Crippen LogP contribution in [0.1, 0.15) is 19.1 Å². The summed E-state index contributed by atoms with van der Waals surface area (Å²) in [6, 6.07) is 1.27. The smallest absolute Gasteiger partial charge is 0.330 e. The van der Waals surface area contributed by atoms with E-state index in [1.54, 1.807) is 0 Å². The molecule has 0 spiro atoms. The van der Waals surface area contributed by atoms with Crippen LogP contribution in [0.15, 0.2) is 21.9 Å². The third kappa shape index (κ3) is 2.00. The van der Waals surface area contributed by atoms with E-state index >= 15 is 0 Å². The normalized spacial score (nSPS) is 25.7. The summed E-state index contributed by atoms with van der Waals surface area (Å²) in [4.78, 5) is 24.4. The minimum atomic E-state index is -0.480. The number of H-pyrrole nitrogens is 1. The van der Waals surface area contributed by atoms with Gasteiger partial charge in [-0.15, -0.1) is 0 Å². The fourth-order valence-electron chi connectivity index (χ4n) is 1.68. The van der Waals surface area contributed by atoms with Crippen molar-refractivity contribution in [2.24, 2.45) is 0 Å². The predicted octanol–water partition coefficient (Wildman–Crippen LogP) is -0.794. The summed E-state index contributed by atoms with van der Waals surface area (Å²) in [6.45, 7) is -0.0470. The Balaban J connectivity index is 2.24. The van der Waals surface area contributed by atoms with Crippen molar-refractivity contribution in [3.63, 3.8) is 0 Å². The van der Waals surface area contributed by atoms with Crippen LogP contribution in [0.3, 0.4) is 0 Å². The van der Waals surface area contributed by atoms with Gasteiger partial charge in [0.25, 0.3) is 5.56 Å². The van der Waals surface area contributed by atoms with Gasteiger partial charge in [-0.3, -0.25) is 14.3 Å². The summed E-state index contributed by atoms with van der Waals surface area (Å²) in [5.74, 6) is 0. The zero-order valence-corrected chi connectivity index (χ0v) is 8.05. The number of hydrogen-bond acceptors (Lipinski definition) is 4. The second-order valence-electron chi connectivity index (χ2n) is 3.49. The highest BCUT2D eigenvalue weighted by Crippen LogP contribution is 2.26. The first-order valence-corrected chi connectivity index (χ1v) is 4.78. The van der Waals surface area contributed by atoms with Gasteiger partial charge in [-0.2, -0.15) is 0 Å². The van der Waals surface area contributed by atoms with Crippen LogP contribution in [0.4, 0.5) is 0 Å². The molecule has 1 aromatic heterocycles. The van der Waals surface area contributed by atoms with E-state index in [0.29, 0.717) is 12.8 Å². The van der Waals surface area contributed by atoms with Gasteiger partial charge in [0.05, 0.1) is 12.7 Å². The number of aromatic nitrogens is 2. The minimum absolute atomic E-state index is 0.0470. The van der Waals surface area contributed by atoms with Crippen LogP contribution in [0.2, 0.25) is 0 Å². The highest BCUT2D eigenvalue weighted by molar-refractivity contribution is 4.85. The van der Waals surface area contributed by atoms with E-state index in [9.17, 15) is 9.59 Å². The SMILES string of the molecule is O=c1ccn([C@H]2CC[C@H](CO)O2)c(=O)[nH]1. The molecule has 2 atom stereocenters. The quantitative estimate of drug-likeness (QED) is 0.672. The van der Waals surface area contributed by atoms with Crippen molar-refractivity contribution in [2.45, 2.75) is 25.2 Å². The van der Waals surface area contributed by atoms with Crippen LogP contribution in [-0.4, -0.2) is 27.4 Å². The molecule has 2 rings (SSSR count). The van der Waals surface area contributed by atoms with Gasteiger partial charge in [-0.05, 0) is 12.8 Å². The molecule has 0 saturated carbocycles. The molecule has 15 heavy (non-hydrogen) atoms. The second kappa shape index (κ2) is 4.00. The Kier molecular flexibility index (Phi) is 2.70. The van der Waals surface area contributed by atoms with Crippen molar-refractivity contribution < 1.29 is 9.84 Å². The molecule has 0 aromatic carbocycles. The van der Waals surface area contributed by atoms with Gasteiger partial charge < -0.3 is 9.84 Å². The first-order chi connectivity index (χ1) is 7.20. The molecule has 0 aliphatic carbocycles. The Bertz CT molecular complexity index is 450. The molecular formula is C9H12N2O4. The standard InChI is InChI=1S/C9H12N2O4/c12-5-6-1-2-8(15-6)11-4-3-7(13)10-9(11)14/h3-4,6,8,12H,1-2,5H2,(H,10,13,14)/t6-,8-/m1/s1. The van der Waals surface area contributed by atoms with Crippen LogP contribution in [0.5, 0.6) is 0 Å². The van der Waals surface area contributed by atoms with E-state index in [-0.39, 0.29) is 18.9 Å². The summed E-state index contributed by atoms with van der Waals surface area (Å²) in [5, 5.41) is 8.87. The van der Waals surface area contributed by atoms with Crippen molar-refractivity contribution in [2.75, 3.05) is 6.61 Å². The van der Waals surface area contributed by atoms with E-state index in [4.69, 9.17) is 9.84 Å². The van der Waals surface area contributed by atoms with Crippen molar-refractivity contribution in [1.29, 1.82) is 0 Å². The Morgan fingerprint density at radius 2 is 2.33 bits per heavy atom. The number of aliphatic hydroxyl groups is 1. The molecule has 1 aromatic rings. The fourth-order valence-corrected chi connectivity index (χ4v) is 1.68. The van der Waals surface area contributed by atoms with E-state index in [1.807, 2.05) is 0 Å². The summed E-state index contributed by atoms with van der Waals surface area (Å²) < 4.78 is 6.74. The zero-order valence-electron chi connectivity index (χ0n) is 8.05. The summed E-state index contributed by atoms with van der Waals surface area (Å²) >= 11 is 0. The van der Waals surface area contributed by atoms with Gasteiger partial charge in [0.15, 0.2) is 0 Å². The number of nitrogens with zero attached hydrogens (tertiary/aromatic N) is 1. The fraction of sp³-hybridized carbons (Fsp3) is 0.556. The molecule has 1 fully saturated rings. The maximum absolute atomic E-state index is 11.4. The largest absolute Gasteiger partial charge is 0.394 e. The van der Waals surface area contributed by atoms with Crippen LogP contribution in [0, 0.1) is 0 Å². The summed E-state index contributed by atoms with van der Waals surface area (Å²) in [6.07, 6.45) is 2.19. The Morgan fingerprint density at radius 3 is 2.93 bits per heavy atom. The zero-order chi connectivity index (χ0) is 10.8. The minimum Gasteiger partial charge on any atom is -0.394 e. The first-order valence-electron chi connectivity index (χ1n) is 4.78. The van der Waals surface area contributed by atoms with Crippen molar-refractivity contribution >= 4 is 0 Å². The lowest BCUT2D eigenvalue weighted by Crippen LogP contribution is -2.31. The Morgan fingerprint density at radius 1 is 1.53 bits per heavy atom. The topological polar surface area (TPSA) is 84.3 Å². The molecule has 82 valence electrons. The lowest BCUT2D eigenvalue weighted by Gasteiger charge is -2.13. The Labute approximate surface area is 85.1 Å². The van der Waals surface area contributed by atoms with Gasteiger partial charge in [0.1, 0.15) is 6.23 Å². The maximum atomic E-state index is 11.4. The summed E-state index contributed by atoms with van der Waals surface area (Å²) in [5.41, 5.74) is -0.904. The lowest BCUT2D eigenvalue weighted by atomic mass is 10.2. The van der Waals surface area contributed by atoms with E-state index in [2.05, 4.69) is 4.98 Å². The van der Waals surface area contributed by atoms with Gasteiger partial charge >= 0.3 is 5.69 Å². The molecular weight excluding hydrogens is 200 g/mol. The number of hydrogen-bond donors (Lipinski definition) is 2. The average Bonchev–Trinajstić information content (AvgIpc) is 2.66. The van der Waals surface area contributed by atoms with Crippen molar-refractivity contribution in [3.05, 3.63) is 33.1 Å². The van der Waals surface area contributed by atoms with Crippen LogP contribution < -0.4 is 11.2 Å². The van der Waals surface area contributed by atoms with Gasteiger partial charge in [0.2, 0.25) is 0 Å².